The predicted molar refractivity (Wildman–Crippen MR) is 76.0 cm³/mol. The number of hydrogen-bond donors (Lipinski definition) is 0. The fourth-order valence-electron chi connectivity index (χ4n) is 2.43. The lowest BCUT2D eigenvalue weighted by Gasteiger charge is -2.35. The van der Waals surface area contributed by atoms with Crippen LogP contribution in [0.25, 0.3) is 0 Å². The smallest absolute Gasteiger partial charge is 0.128 e. The first-order chi connectivity index (χ1) is 9.42. The summed E-state index contributed by atoms with van der Waals surface area (Å²) in [6.07, 6.45) is 5.63. The van der Waals surface area contributed by atoms with Gasteiger partial charge in [-0.2, -0.15) is 0 Å². The van der Waals surface area contributed by atoms with Gasteiger partial charge in [-0.3, -0.25) is 9.88 Å². The van der Waals surface area contributed by atoms with E-state index in [0.29, 0.717) is 0 Å². The highest BCUT2D eigenvalue weighted by atomic mass is 15.3. The van der Waals surface area contributed by atoms with Gasteiger partial charge in [-0.1, -0.05) is 12.1 Å². The van der Waals surface area contributed by atoms with E-state index in [1.807, 2.05) is 36.8 Å². The van der Waals surface area contributed by atoms with E-state index in [1.54, 1.807) is 0 Å². The van der Waals surface area contributed by atoms with Crippen molar-refractivity contribution in [2.45, 2.75) is 6.54 Å². The molecule has 0 aliphatic carbocycles. The number of pyridine rings is 2. The van der Waals surface area contributed by atoms with Crippen LogP contribution in [-0.4, -0.2) is 41.0 Å². The van der Waals surface area contributed by atoms with Crippen LogP contribution < -0.4 is 4.90 Å². The largest absolute Gasteiger partial charge is 0.354 e. The van der Waals surface area contributed by atoms with Gasteiger partial charge in [0.05, 0.1) is 0 Å². The van der Waals surface area contributed by atoms with Gasteiger partial charge >= 0.3 is 0 Å². The molecule has 0 amide bonds. The average Bonchev–Trinajstić information content (AvgIpc) is 2.50. The first-order valence-electron chi connectivity index (χ1n) is 6.69. The quantitative estimate of drug-likeness (QED) is 0.836. The van der Waals surface area contributed by atoms with Crippen molar-refractivity contribution in [3.8, 4) is 0 Å². The minimum absolute atomic E-state index is 0.990. The first kappa shape index (κ1) is 12.1. The minimum Gasteiger partial charge on any atom is -0.354 e. The summed E-state index contributed by atoms with van der Waals surface area (Å²) in [6, 6.07) is 10.2. The van der Waals surface area contributed by atoms with Crippen LogP contribution in [0.4, 0.5) is 5.82 Å². The van der Waals surface area contributed by atoms with Gasteiger partial charge in [0, 0.05) is 51.3 Å². The van der Waals surface area contributed by atoms with E-state index in [0.717, 1.165) is 38.5 Å². The van der Waals surface area contributed by atoms with Crippen molar-refractivity contribution in [2.24, 2.45) is 0 Å². The summed E-state index contributed by atoms with van der Waals surface area (Å²) < 4.78 is 0. The zero-order valence-electron chi connectivity index (χ0n) is 10.9. The lowest BCUT2D eigenvalue weighted by atomic mass is 10.2. The summed E-state index contributed by atoms with van der Waals surface area (Å²) in [5.41, 5.74) is 1.29. The number of nitrogens with zero attached hydrogens (tertiary/aromatic N) is 4. The average molecular weight is 254 g/mol. The monoisotopic (exact) mass is 254 g/mol. The Balaban J connectivity index is 1.55. The van der Waals surface area contributed by atoms with Gasteiger partial charge in [0.1, 0.15) is 5.82 Å². The minimum atomic E-state index is 0.990. The van der Waals surface area contributed by atoms with Crippen molar-refractivity contribution in [1.29, 1.82) is 0 Å². The fraction of sp³-hybridized carbons (Fsp3) is 0.333. The van der Waals surface area contributed by atoms with Gasteiger partial charge in [0.15, 0.2) is 0 Å². The highest BCUT2D eigenvalue weighted by Crippen LogP contribution is 2.13. The Morgan fingerprint density at radius 2 is 1.84 bits per heavy atom. The molecule has 1 aliphatic heterocycles. The van der Waals surface area contributed by atoms with Crippen LogP contribution >= 0.6 is 0 Å². The maximum atomic E-state index is 4.41. The van der Waals surface area contributed by atoms with Gasteiger partial charge in [-0.15, -0.1) is 0 Å². The van der Waals surface area contributed by atoms with Crippen molar-refractivity contribution >= 4 is 5.82 Å². The second-order valence-corrected chi connectivity index (χ2v) is 4.81. The van der Waals surface area contributed by atoms with Crippen molar-refractivity contribution in [3.05, 3.63) is 54.5 Å². The molecule has 0 saturated carbocycles. The van der Waals surface area contributed by atoms with Crippen molar-refractivity contribution in [2.75, 3.05) is 31.1 Å². The van der Waals surface area contributed by atoms with Crippen LogP contribution in [0.3, 0.4) is 0 Å². The molecule has 1 aliphatic rings. The SMILES string of the molecule is c1ccc(N2CCN(Cc3cccnc3)CC2)nc1. The maximum absolute atomic E-state index is 4.41. The van der Waals surface area contributed by atoms with E-state index >= 15 is 0 Å². The molecule has 0 N–H and O–H groups in total. The molecule has 2 aromatic rings. The number of rotatable bonds is 3. The number of anilines is 1. The second-order valence-electron chi connectivity index (χ2n) is 4.81. The van der Waals surface area contributed by atoms with E-state index in [9.17, 15) is 0 Å². The summed E-state index contributed by atoms with van der Waals surface area (Å²) in [5, 5.41) is 0. The zero-order valence-corrected chi connectivity index (χ0v) is 10.9. The van der Waals surface area contributed by atoms with Gasteiger partial charge in [-0.25, -0.2) is 4.98 Å². The van der Waals surface area contributed by atoms with Gasteiger partial charge in [0.25, 0.3) is 0 Å². The van der Waals surface area contributed by atoms with E-state index in [2.05, 4.69) is 31.9 Å². The van der Waals surface area contributed by atoms with Crippen molar-refractivity contribution in [3.63, 3.8) is 0 Å². The van der Waals surface area contributed by atoms with Gasteiger partial charge in [0.2, 0.25) is 0 Å². The van der Waals surface area contributed by atoms with Crippen LogP contribution in [0.1, 0.15) is 5.56 Å². The highest BCUT2D eigenvalue weighted by Gasteiger charge is 2.17. The Morgan fingerprint density at radius 1 is 0.947 bits per heavy atom. The Labute approximate surface area is 113 Å². The van der Waals surface area contributed by atoms with Crippen LogP contribution in [0, 0.1) is 0 Å². The predicted octanol–water partition coefficient (Wildman–Crippen LogP) is 1.80. The molecule has 4 heteroatoms. The number of hydrogen-bond acceptors (Lipinski definition) is 4. The molecule has 19 heavy (non-hydrogen) atoms. The van der Waals surface area contributed by atoms with E-state index < -0.39 is 0 Å². The summed E-state index contributed by atoms with van der Waals surface area (Å²) in [5.74, 6) is 1.09. The van der Waals surface area contributed by atoms with Crippen molar-refractivity contribution in [1.82, 2.24) is 14.9 Å². The molecule has 1 fully saturated rings. The number of piperazine rings is 1. The fourth-order valence-corrected chi connectivity index (χ4v) is 2.43. The standard InChI is InChI=1S/C15H18N4/c1-2-7-17-15(5-1)19-10-8-18(9-11-19)13-14-4-3-6-16-12-14/h1-7,12H,8-11,13H2. The summed E-state index contributed by atoms with van der Waals surface area (Å²) >= 11 is 0. The molecule has 0 radical (unpaired) electrons. The summed E-state index contributed by atoms with van der Waals surface area (Å²) in [6.45, 7) is 5.22. The van der Waals surface area contributed by atoms with Crippen LogP contribution in [-0.2, 0) is 6.54 Å². The molecule has 98 valence electrons. The van der Waals surface area contributed by atoms with Gasteiger partial charge in [-0.05, 0) is 23.8 Å². The van der Waals surface area contributed by atoms with Crippen molar-refractivity contribution < 1.29 is 0 Å². The Morgan fingerprint density at radius 3 is 2.53 bits per heavy atom. The molecule has 0 spiro atoms. The molecule has 0 aromatic carbocycles. The molecular formula is C15H18N4. The Bertz CT molecular complexity index is 492. The Hall–Kier alpha value is -1.94. The second kappa shape index (κ2) is 5.80. The maximum Gasteiger partial charge on any atom is 0.128 e. The summed E-state index contributed by atoms with van der Waals surface area (Å²) in [7, 11) is 0. The molecule has 0 unspecified atom stereocenters. The van der Waals surface area contributed by atoms with Crippen LogP contribution in [0.2, 0.25) is 0 Å². The molecule has 2 aromatic heterocycles. The third-order valence-corrected chi connectivity index (χ3v) is 3.47. The van der Waals surface area contributed by atoms with Gasteiger partial charge < -0.3 is 4.90 Å². The first-order valence-corrected chi connectivity index (χ1v) is 6.69. The molecular weight excluding hydrogens is 236 g/mol. The zero-order chi connectivity index (χ0) is 12.9. The van der Waals surface area contributed by atoms with Crippen LogP contribution in [0.15, 0.2) is 48.9 Å². The topological polar surface area (TPSA) is 32.3 Å². The van der Waals surface area contributed by atoms with E-state index in [-0.39, 0.29) is 0 Å². The molecule has 4 nitrogen and oxygen atoms in total. The number of aromatic nitrogens is 2. The third-order valence-electron chi connectivity index (χ3n) is 3.47. The lowest BCUT2D eigenvalue weighted by molar-refractivity contribution is 0.249. The normalized spacial score (nSPS) is 16.5. The Kier molecular flexibility index (Phi) is 3.70. The third kappa shape index (κ3) is 3.09. The molecule has 0 bridgehead atoms. The summed E-state index contributed by atoms with van der Waals surface area (Å²) in [4.78, 5) is 13.4. The van der Waals surface area contributed by atoms with E-state index in [4.69, 9.17) is 0 Å². The molecule has 3 rings (SSSR count). The van der Waals surface area contributed by atoms with E-state index in [1.165, 1.54) is 5.56 Å². The molecule has 1 saturated heterocycles. The molecule has 0 atom stereocenters. The lowest BCUT2D eigenvalue weighted by Crippen LogP contribution is -2.46. The van der Waals surface area contributed by atoms with Crippen LogP contribution in [0.5, 0.6) is 0 Å². The highest BCUT2D eigenvalue weighted by molar-refractivity contribution is 5.38. The molecule has 3 heterocycles.